The number of carbonyl (C=O) groups is 2. The summed E-state index contributed by atoms with van der Waals surface area (Å²) in [7, 11) is -4.10. The summed E-state index contributed by atoms with van der Waals surface area (Å²) in [5.74, 6) is -0.344. The highest BCUT2D eigenvalue weighted by Gasteiger charge is 2.34. The van der Waals surface area contributed by atoms with Gasteiger partial charge in [-0.1, -0.05) is 94.1 Å². The van der Waals surface area contributed by atoms with Gasteiger partial charge in [-0.2, -0.15) is 0 Å². The van der Waals surface area contributed by atoms with Gasteiger partial charge in [-0.15, -0.1) is 0 Å². The van der Waals surface area contributed by atoms with E-state index in [9.17, 15) is 18.0 Å². The molecule has 1 N–H and O–H groups in total. The minimum absolute atomic E-state index is 0.0959. The lowest BCUT2D eigenvalue weighted by Gasteiger charge is -2.34. The standard InChI is InChI=1S/C36H47N3O4S/c1-6-34(36(41)37-31-14-8-7-9-15-31)38(24-30-13-11-10-12-28(30)5)35(40)25-39(32-20-18-29(19-21-32)26(2)3)44(42,43)33-22-16-27(4)17-23-33/h10-13,16-23,26,31,34H,6-9,14-15,24-25H2,1-5H3,(H,37,41). The number of sulfonamides is 1. The number of hydrogen-bond acceptors (Lipinski definition) is 4. The fourth-order valence-corrected chi connectivity index (χ4v) is 7.24. The molecule has 1 aliphatic carbocycles. The van der Waals surface area contributed by atoms with Crippen molar-refractivity contribution >= 4 is 27.5 Å². The van der Waals surface area contributed by atoms with Crippen molar-refractivity contribution in [3.8, 4) is 0 Å². The fraction of sp³-hybridized carbons (Fsp3) is 0.444. The van der Waals surface area contributed by atoms with Crippen molar-refractivity contribution in [3.05, 3.63) is 95.1 Å². The van der Waals surface area contributed by atoms with Crippen LogP contribution in [0.1, 0.15) is 87.5 Å². The minimum atomic E-state index is -4.10. The highest BCUT2D eigenvalue weighted by Crippen LogP contribution is 2.27. The number of amides is 2. The van der Waals surface area contributed by atoms with Crippen molar-refractivity contribution in [2.45, 2.75) is 103 Å². The lowest BCUT2D eigenvalue weighted by molar-refractivity contribution is -0.140. The molecule has 0 heterocycles. The molecular formula is C36H47N3O4S. The average molecular weight is 618 g/mol. The number of aryl methyl sites for hydroxylation is 2. The molecule has 1 saturated carbocycles. The maximum absolute atomic E-state index is 14.4. The van der Waals surface area contributed by atoms with E-state index in [0.717, 1.165) is 47.9 Å². The fourth-order valence-electron chi connectivity index (χ4n) is 5.83. The molecule has 0 radical (unpaired) electrons. The van der Waals surface area contributed by atoms with E-state index in [1.54, 1.807) is 41.3 Å². The van der Waals surface area contributed by atoms with Crippen molar-refractivity contribution in [2.24, 2.45) is 0 Å². The smallest absolute Gasteiger partial charge is 0.264 e. The third-order valence-corrected chi connectivity index (χ3v) is 10.5. The average Bonchev–Trinajstić information content (AvgIpc) is 3.01. The molecule has 7 nitrogen and oxygen atoms in total. The first-order chi connectivity index (χ1) is 21.0. The van der Waals surface area contributed by atoms with Crippen LogP contribution in [0.2, 0.25) is 0 Å². The zero-order chi connectivity index (χ0) is 31.9. The first-order valence-corrected chi connectivity index (χ1v) is 17.3. The molecular weight excluding hydrogens is 570 g/mol. The monoisotopic (exact) mass is 617 g/mol. The van der Waals surface area contributed by atoms with E-state index < -0.39 is 28.5 Å². The summed E-state index contributed by atoms with van der Waals surface area (Å²) in [4.78, 5) is 29.8. The Morgan fingerprint density at radius 3 is 2.11 bits per heavy atom. The van der Waals surface area contributed by atoms with Gasteiger partial charge in [-0.3, -0.25) is 13.9 Å². The van der Waals surface area contributed by atoms with Gasteiger partial charge >= 0.3 is 0 Å². The van der Waals surface area contributed by atoms with Crippen LogP contribution in [0.3, 0.4) is 0 Å². The van der Waals surface area contributed by atoms with Crippen molar-refractivity contribution in [2.75, 3.05) is 10.8 Å². The Balaban J connectivity index is 1.72. The van der Waals surface area contributed by atoms with Crippen molar-refractivity contribution < 1.29 is 18.0 Å². The van der Waals surface area contributed by atoms with Crippen LogP contribution in [0.5, 0.6) is 0 Å². The van der Waals surface area contributed by atoms with E-state index in [2.05, 4.69) is 19.2 Å². The van der Waals surface area contributed by atoms with Crippen LogP contribution in [-0.2, 0) is 26.2 Å². The summed E-state index contributed by atoms with van der Waals surface area (Å²) in [6.07, 6.45) is 5.60. The van der Waals surface area contributed by atoms with Gasteiger partial charge in [0.25, 0.3) is 10.0 Å². The molecule has 236 valence electrons. The van der Waals surface area contributed by atoms with E-state index >= 15 is 0 Å². The normalized spacial score (nSPS) is 14.7. The highest BCUT2D eigenvalue weighted by atomic mass is 32.2. The SMILES string of the molecule is CCC(C(=O)NC1CCCCC1)N(Cc1ccccc1C)C(=O)CN(c1ccc(C(C)C)cc1)S(=O)(=O)c1ccc(C)cc1. The molecule has 0 saturated heterocycles. The van der Waals surface area contributed by atoms with E-state index in [1.165, 1.54) is 10.7 Å². The molecule has 4 rings (SSSR count). The number of rotatable bonds is 12. The third-order valence-electron chi connectivity index (χ3n) is 8.68. The Kier molecular flexibility index (Phi) is 11.2. The number of benzene rings is 3. The summed E-state index contributed by atoms with van der Waals surface area (Å²) >= 11 is 0. The van der Waals surface area contributed by atoms with Crippen molar-refractivity contribution in [3.63, 3.8) is 0 Å². The molecule has 0 aliphatic heterocycles. The topological polar surface area (TPSA) is 86.8 Å². The van der Waals surface area contributed by atoms with Crippen LogP contribution >= 0.6 is 0 Å². The Morgan fingerprint density at radius 1 is 0.886 bits per heavy atom. The van der Waals surface area contributed by atoms with Gasteiger partial charge in [-0.25, -0.2) is 8.42 Å². The summed E-state index contributed by atoms with van der Waals surface area (Å²) in [6.45, 7) is 9.69. The Hall–Kier alpha value is -3.65. The number of nitrogens with one attached hydrogen (secondary N) is 1. The molecule has 0 bridgehead atoms. The number of carbonyl (C=O) groups excluding carboxylic acids is 2. The summed E-state index contributed by atoms with van der Waals surface area (Å²) < 4.78 is 29.5. The van der Waals surface area contributed by atoms with Crippen LogP contribution < -0.4 is 9.62 Å². The number of hydrogen-bond donors (Lipinski definition) is 1. The molecule has 1 atom stereocenters. The quantitative estimate of drug-likeness (QED) is 0.240. The predicted molar refractivity (Wildman–Crippen MR) is 177 cm³/mol. The molecule has 1 aliphatic rings. The van der Waals surface area contributed by atoms with Crippen LogP contribution in [0.4, 0.5) is 5.69 Å². The maximum Gasteiger partial charge on any atom is 0.264 e. The molecule has 0 aromatic heterocycles. The molecule has 44 heavy (non-hydrogen) atoms. The predicted octanol–water partition coefficient (Wildman–Crippen LogP) is 6.88. The number of nitrogens with zero attached hydrogens (tertiary/aromatic N) is 2. The van der Waals surface area contributed by atoms with Crippen molar-refractivity contribution in [1.29, 1.82) is 0 Å². The Labute approximate surface area is 263 Å². The summed E-state index contributed by atoms with van der Waals surface area (Å²) in [6, 6.07) is 21.1. The second kappa shape index (κ2) is 14.9. The lowest BCUT2D eigenvalue weighted by Crippen LogP contribution is -2.54. The van der Waals surface area contributed by atoms with E-state index in [0.29, 0.717) is 12.1 Å². The van der Waals surface area contributed by atoms with Gasteiger partial charge in [0.2, 0.25) is 11.8 Å². The van der Waals surface area contributed by atoms with Gasteiger partial charge < -0.3 is 10.2 Å². The first kappa shape index (κ1) is 33.2. The maximum atomic E-state index is 14.4. The number of anilines is 1. The summed E-state index contributed by atoms with van der Waals surface area (Å²) in [5, 5.41) is 3.20. The Morgan fingerprint density at radius 2 is 1.52 bits per heavy atom. The van der Waals surface area contributed by atoms with Gasteiger partial charge in [-0.05, 0) is 80.0 Å². The summed E-state index contributed by atoms with van der Waals surface area (Å²) in [5.41, 5.74) is 4.32. The third kappa shape index (κ3) is 8.08. The van der Waals surface area contributed by atoms with Crippen LogP contribution in [0, 0.1) is 13.8 Å². The zero-order valence-electron chi connectivity index (χ0n) is 26.8. The highest BCUT2D eigenvalue weighted by molar-refractivity contribution is 7.92. The van der Waals surface area contributed by atoms with Crippen LogP contribution in [0.25, 0.3) is 0 Å². The molecule has 0 spiro atoms. The molecule has 8 heteroatoms. The molecule has 3 aromatic rings. The second-order valence-corrected chi connectivity index (χ2v) is 14.1. The molecule has 2 amide bonds. The van der Waals surface area contributed by atoms with Gasteiger partial charge in [0.1, 0.15) is 12.6 Å². The lowest BCUT2D eigenvalue weighted by atomic mass is 9.95. The van der Waals surface area contributed by atoms with E-state index in [4.69, 9.17) is 0 Å². The van der Waals surface area contributed by atoms with E-state index in [-0.39, 0.29) is 29.3 Å². The molecule has 1 unspecified atom stereocenters. The van der Waals surface area contributed by atoms with Gasteiger partial charge in [0, 0.05) is 12.6 Å². The largest absolute Gasteiger partial charge is 0.352 e. The van der Waals surface area contributed by atoms with Crippen LogP contribution in [-0.4, -0.2) is 43.8 Å². The van der Waals surface area contributed by atoms with Gasteiger partial charge in [0.05, 0.1) is 10.6 Å². The molecule has 1 fully saturated rings. The first-order valence-electron chi connectivity index (χ1n) is 15.8. The van der Waals surface area contributed by atoms with E-state index in [1.807, 2.05) is 57.2 Å². The zero-order valence-corrected chi connectivity index (χ0v) is 27.6. The Bertz CT molecular complexity index is 1510. The van der Waals surface area contributed by atoms with Crippen LogP contribution in [0.15, 0.2) is 77.7 Å². The minimum Gasteiger partial charge on any atom is -0.352 e. The van der Waals surface area contributed by atoms with Gasteiger partial charge in [0.15, 0.2) is 0 Å². The molecule has 3 aromatic carbocycles. The second-order valence-electron chi connectivity index (χ2n) is 12.3. The van der Waals surface area contributed by atoms with Crippen molar-refractivity contribution in [1.82, 2.24) is 10.2 Å².